The summed E-state index contributed by atoms with van der Waals surface area (Å²) in [5.74, 6) is 0.0413. The van der Waals surface area contributed by atoms with E-state index in [0.717, 1.165) is 32.1 Å². The van der Waals surface area contributed by atoms with Gasteiger partial charge in [-0.15, -0.1) is 0 Å². The molecule has 1 fully saturated rings. The minimum atomic E-state index is -4.30. The second-order valence-corrected chi connectivity index (χ2v) is 5.25. The normalized spacial score (nSPS) is 17.4. The molecule has 0 spiro atoms. The van der Waals surface area contributed by atoms with Gasteiger partial charge in [0, 0.05) is 7.05 Å². The van der Waals surface area contributed by atoms with E-state index in [-0.39, 0.29) is 12.5 Å². The summed E-state index contributed by atoms with van der Waals surface area (Å²) in [6.07, 6.45) is 0.582. The van der Waals surface area contributed by atoms with Crippen LogP contribution in [-0.4, -0.2) is 7.05 Å². The molecule has 5 heteroatoms. The largest absolute Gasteiger partial charge is 0.416 e. The van der Waals surface area contributed by atoms with Gasteiger partial charge < -0.3 is 0 Å². The van der Waals surface area contributed by atoms with Crippen molar-refractivity contribution in [3.8, 4) is 0 Å². The molecule has 1 saturated carbocycles. The lowest BCUT2D eigenvalue weighted by Crippen LogP contribution is -2.15. The summed E-state index contributed by atoms with van der Waals surface area (Å²) in [4.78, 5) is 4.96. The number of hydroxylamine groups is 1. The Morgan fingerprint density at radius 1 is 1.20 bits per heavy atom. The second-order valence-electron chi connectivity index (χ2n) is 5.25. The van der Waals surface area contributed by atoms with Crippen molar-refractivity contribution in [1.82, 2.24) is 5.48 Å². The van der Waals surface area contributed by atoms with Crippen molar-refractivity contribution >= 4 is 0 Å². The Kier molecular flexibility index (Phi) is 5.05. The molecule has 0 saturated heterocycles. The second kappa shape index (κ2) is 6.59. The van der Waals surface area contributed by atoms with Gasteiger partial charge in [-0.3, -0.25) is 4.84 Å². The number of benzene rings is 1. The Morgan fingerprint density at radius 2 is 1.90 bits per heavy atom. The van der Waals surface area contributed by atoms with Crippen molar-refractivity contribution in [2.45, 2.75) is 50.8 Å². The third-order valence-electron chi connectivity index (χ3n) is 3.85. The number of hydrogen-bond acceptors (Lipinski definition) is 2. The lowest BCUT2D eigenvalue weighted by atomic mass is 9.81. The van der Waals surface area contributed by atoms with E-state index in [0.29, 0.717) is 11.1 Å². The molecule has 2 rings (SSSR count). The van der Waals surface area contributed by atoms with E-state index in [9.17, 15) is 13.2 Å². The molecule has 2 nitrogen and oxygen atoms in total. The number of alkyl halides is 3. The van der Waals surface area contributed by atoms with Crippen LogP contribution in [0.3, 0.4) is 0 Å². The van der Waals surface area contributed by atoms with Crippen LogP contribution in [0.5, 0.6) is 0 Å². The van der Waals surface area contributed by atoms with Crippen LogP contribution in [0.4, 0.5) is 13.2 Å². The molecule has 0 heterocycles. The van der Waals surface area contributed by atoms with Crippen LogP contribution in [-0.2, 0) is 17.6 Å². The summed E-state index contributed by atoms with van der Waals surface area (Å²) < 4.78 is 39.7. The first-order valence-electron chi connectivity index (χ1n) is 7.01. The highest BCUT2D eigenvalue weighted by atomic mass is 19.4. The highest BCUT2D eigenvalue weighted by molar-refractivity contribution is 5.36. The third-order valence-corrected chi connectivity index (χ3v) is 3.85. The SMILES string of the molecule is CNOCc1ccc(C2CCCCC2)c(C(F)(F)F)c1. The van der Waals surface area contributed by atoms with Gasteiger partial charge in [0.25, 0.3) is 0 Å². The number of halogens is 3. The summed E-state index contributed by atoms with van der Waals surface area (Å²) in [5.41, 5.74) is 2.96. The maximum absolute atomic E-state index is 13.2. The van der Waals surface area contributed by atoms with Crippen LogP contribution in [0.15, 0.2) is 18.2 Å². The molecule has 1 aromatic carbocycles. The number of rotatable bonds is 4. The highest BCUT2D eigenvalue weighted by Gasteiger charge is 2.35. The lowest BCUT2D eigenvalue weighted by Gasteiger charge is -2.25. The van der Waals surface area contributed by atoms with E-state index in [1.54, 1.807) is 19.2 Å². The van der Waals surface area contributed by atoms with Gasteiger partial charge in [0.2, 0.25) is 0 Å². The van der Waals surface area contributed by atoms with Crippen LogP contribution < -0.4 is 5.48 Å². The zero-order valence-electron chi connectivity index (χ0n) is 11.6. The predicted octanol–water partition coefficient (Wildman–Crippen LogP) is 4.40. The van der Waals surface area contributed by atoms with Crippen LogP contribution in [0.25, 0.3) is 0 Å². The molecule has 0 atom stereocenters. The first-order valence-corrected chi connectivity index (χ1v) is 7.01. The van der Waals surface area contributed by atoms with E-state index < -0.39 is 11.7 Å². The third kappa shape index (κ3) is 3.73. The Morgan fingerprint density at radius 3 is 2.50 bits per heavy atom. The van der Waals surface area contributed by atoms with Crippen LogP contribution in [0, 0.1) is 0 Å². The first kappa shape index (κ1) is 15.3. The average molecular weight is 287 g/mol. The number of hydrogen-bond donors (Lipinski definition) is 1. The van der Waals surface area contributed by atoms with E-state index in [1.807, 2.05) is 0 Å². The predicted molar refractivity (Wildman–Crippen MR) is 71.1 cm³/mol. The molecule has 1 aliphatic carbocycles. The van der Waals surface area contributed by atoms with E-state index in [2.05, 4.69) is 5.48 Å². The van der Waals surface area contributed by atoms with Crippen molar-refractivity contribution in [3.05, 3.63) is 34.9 Å². The van der Waals surface area contributed by atoms with Crippen LogP contribution in [0.1, 0.15) is 54.7 Å². The van der Waals surface area contributed by atoms with E-state index in [4.69, 9.17) is 4.84 Å². The molecule has 1 aromatic rings. The van der Waals surface area contributed by atoms with Crippen molar-refractivity contribution in [3.63, 3.8) is 0 Å². The molecule has 0 amide bonds. The van der Waals surface area contributed by atoms with Crippen LogP contribution >= 0.6 is 0 Å². The Labute approximate surface area is 117 Å². The molecule has 0 aliphatic heterocycles. The standard InChI is InChI=1S/C15H20F3NO/c1-19-20-10-11-7-8-13(12-5-3-2-4-6-12)14(9-11)15(16,17)18/h7-9,12,19H,2-6,10H2,1H3. The molecule has 0 radical (unpaired) electrons. The van der Waals surface area contributed by atoms with E-state index >= 15 is 0 Å². The summed E-state index contributed by atoms with van der Waals surface area (Å²) >= 11 is 0. The fourth-order valence-corrected chi connectivity index (χ4v) is 2.86. The maximum atomic E-state index is 13.2. The van der Waals surface area contributed by atoms with Gasteiger partial charge in [-0.1, -0.05) is 31.4 Å². The van der Waals surface area contributed by atoms with Crippen LogP contribution in [0.2, 0.25) is 0 Å². The summed E-state index contributed by atoms with van der Waals surface area (Å²) in [5, 5.41) is 0. The molecule has 0 aromatic heterocycles. The van der Waals surface area contributed by atoms with Gasteiger partial charge in [-0.2, -0.15) is 13.2 Å². The molecule has 0 unspecified atom stereocenters. The summed E-state index contributed by atoms with van der Waals surface area (Å²) in [7, 11) is 1.58. The van der Waals surface area contributed by atoms with Gasteiger partial charge in [0.05, 0.1) is 12.2 Å². The molecular weight excluding hydrogens is 267 g/mol. The molecule has 1 aliphatic rings. The van der Waals surface area contributed by atoms with Gasteiger partial charge in [0.15, 0.2) is 0 Å². The molecule has 20 heavy (non-hydrogen) atoms. The quantitative estimate of drug-likeness (QED) is 0.828. The lowest BCUT2D eigenvalue weighted by molar-refractivity contribution is -0.138. The van der Waals surface area contributed by atoms with Crippen molar-refractivity contribution in [2.75, 3.05) is 7.05 Å². The zero-order valence-corrected chi connectivity index (χ0v) is 11.6. The highest BCUT2D eigenvalue weighted by Crippen LogP contribution is 2.41. The topological polar surface area (TPSA) is 21.3 Å². The minimum Gasteiger partial charge on any atom is -0.297 e. The van der Waals surface area contributed by atoms with Gasteiger partial charge in [-0.25, -0.2) is 5.48 Å². The Hall–Kier alpha value is -1.07. The van der Waals surface area contributed by atoms with Gasteiger partial charge in [0.1, 0.15) is 0 Å². The smallest absolute Gasteiger partial charge is 0.297 e. The van der Waals surface area contributed by atoms with Gasteiger partial charge >= 0.3 is 6.18 Å². The fraction of sp³-hybridized carbons (Fsp3) is 0.600. The summed E-state index contributed by atoms with van der Waals surface area (Å²) in [6.45, 7) is 0.129. The van der Waals surface area contributed by atoms with E-state index in [1.165, 1.54) is 6.07 Å². The summed E-state index contributed by atoms with van der Waals surface area (Å²) in [6, 6.07) is 4.59. The molecule has 112 valence electrons. The van der Waals surface area contributed by atoms with Gasteiger partial charge in [-0.05, 0) is 36.0 Å². The van der Waals surface area contributed by atoms with Crippen molar-refractivity contribution in [2.24, 2.45) is 0 Å². The zero-order chi connectivity index (χ0) is 14.6. The first-order chi connectivity index (χ1) is 9.52. The van der Waals surface area contributed by atoms with Crippen molar-refractivity contribution < 1.29 is 18.0 Å². The van der Waals surface area contributed by atoms with Crippen molar-refractivity contribution in [1.29, 1.82) is 0 Å². The maximum Gasteiger partial charge on any atom is 0.416 e. The minimum absolute atomic E-state index is 0.0413. The molecule has 0 bridgehead atoms. The fourth-order valence-electron chi connectivity index (χ4n) is 2.86. The number of nitrogens with one attached hydrogen (secondary N) is 1. The molecular formula is C15H20F3NO. The average Bonchev–Trinajstić information content (AvgIpc) is 2.45. The molecule has 1 N–H and O–H groups in total. The monoisotopic (exact) mass is 287 g/mol. The Balaban J connectivity index is 2.30. The Bertz CT molecular complexity index is 439.